The Kier molecular flexibility index (Phi) is 3.43. The van der Waals surface area contributed by atoms with Crippen LogP contribution in [0.4, 0.5) is 5.69 Å². The Morgan fingerprint density at radius 2 is 1.76 bits per heavy atom. The maximum Gasteiger partial charge on any atom is 0.0745 e. The number of hydrogen-bond acceptors (Lipinski definition) is 3. The van der Waals surface area contributed by atoms with Gasteiger partial charge in [-0.25, -0.2) is 0 Å². The van der Waals surface area contributed by atoms with Crippen LogP contribution in [0.25, 0.3) is 11.1 Å². The van der Waals surface area contributed by atoms with Crippen LogP contribution in [-0.2, 0) is 0 Å². The zero-order valence-corrected chi connectivity index (χ0v) is 10.6. The van der Waals surface area contributed by atoms with Crippen LogP contribution in [0.5, 0.6) is 0 Å². The normalized spacial score (nSPS) is 9.76. The summed E-state index contributed by atoms with van der Waals surface area (Å²) < 4.78 is 0. The number of thiocarbonyl (C=S) groups is 1. The zero-order chi connectivity index (χ0) is 12.3. The highest BCUT2D eigenvalue weighted by molar-refractivity contribution is 7.78. The SMILES string of the molecule is Cc1cc(-c2cccc(N=C=S)c2)cc(C)n1. The van der Waals surface area contributed by atoms with Gasteiger partial charge in [-0.1, -0.05) is 12.1 Å². The lowest BCUT2D eigenvalue weighted by atomic mass is 10.0. The number of isothiocyanates is 1. The van der Waals surface area contributed by atoms with Crippen LogP contribution in [0, 0.1) is 13.8 Å². The van der Waals surface area contributed by atoms with E-state index in [4.69, 9.17) is 0 Å². The predicted octanol–water partition coefficient (Wildman–Crippen LogP) is 4.10. The van der Waals surface area contributed by atoms with Crippen LogP contribution >= 0.6 is 12.2 Å². The average Bonchev–Trinajstić information content (AvgIpc) is 2.28. The number of rotatable bonds is 2. The summed E-state index contributed by atoms with van der Waals surface area (Å²) in [7, 11) is 0. The first-order valence-corrected chi connectivity index (χ1v) is 5.73. The van der Waals surface area contributed by atoms with Crippen LogP contribution in [-0.4, -0.2) is 10.1 Å². The molecule has 0 saturated carbocycles. The quantitative estimate of drug-likeness (QED) is 0.583. The molecule has 0 radical (unpaired) electrons. The third kappa shape index (κ3) is 2.84. The van der Waals surface area contributed by atoms with E-state index in [-0.39, 0.29) is 0 Å². The van der Waals surface area contributed by atoms with Gasteiger partial charge in [0.15, 0.2) is 0 Å². The van der Waals surface area contributed by atoms with Gasteiger partial charge in [0.2, 0.25) is 0 Å². The number of aliphatic imine (C=N–C) groups is 1. The van der Waals surface area contributed by atoms with Crippen LogP contribution in [0.3, 0.4) is 0 Å². The van der Waals surface area contributed by atoms with Crippen LogP contribution in [0.1, 0.15) is 11.4 Å². The molecule has 0 spiro atoms. The van der Waals surface area contributed by atoms with Gasteiger partial charge in [0, 0.05) is 11.4 Å². The monoisotopic (exact) mass is 240 g/mol. The molecule has 1 aromatic heterocycles. The molecule has 0 unspecified atom stereocenters. The molecule has 0 aliphatic carbocycles. The highest BCUT2D eigenvalue weighted by atomic mass is 32.1. The molecular formula is C14H12N2S. The van der Waals surface area contributed by atoms with Crippen molar-refractivity contribution in [3.05, 3.63) is 47.8 Å². The number of aromatic nitrogens is 1. The fourth-order valence-electron chi connectivity index (χ4n) is 1.81. The van der Waals surface area contributed by atoms with Gasteiger partial charge in [0.25, 0.3) is 0 Å². The van der Waals surface area contributed by atoms with E-state index >= 15 is 0 Å². The molecule has 2 nitrogen and oxygen atoms in total. The maximum absolute atomic E-state index is 4.61. The van der Waals surface area contributed by atoms with Gasteiger partial charge in [0.05, 0.1) is 10.8 Å². The van der Waals surface area contributed by atoms with E-state index in [2.05, 4.69) is 45.6 Å². The number of pyridine rings is 1. The van der Waals surface area contributed by atoms with Crippen LogP contribution < -0.4 is 0 Å². The number of benzene rings is 1. The van der Waals surface area contributed by atoms with Crippen LogP contribution in [0.2, 0.25) is 0 Å². The minimum atomic E-state index is 0.824. The number of hydrogen-bond donors (Lipinski definition) is 0. The lowest BCUT2D eigenvalue weighted by Crippen LogP contribution is -1.87. The van der Waals surface area contributed by atoms with Gasteiger partial charge >= 0.3 is 0 Å². The molecule has 0 saturated heterocycles. The molecule has 2 rings (SSSR count). The fraction of sp³-hybridized carbons (Fsp3) is 0.143. The lowest BCUT2D eigenvalue weighted by Gasteiger charge is -2.05. The molecule has 2 aromatic rings. The summed E-state index contributed by atoms with van der Waals surface area (Å²) in [5.41, 5.74) is 5.12. The molecule has 0 atom stereocenters. The summed E-state index contributed by atoms with van der Waals surface area (Å²) in [5.74, 6) is 0. The van der Waals surface area contributed by atoms with E-state index in [1.165, 1.54) is 0 Å². The minimum Gasteiger partial charge on any atom is -0.258 e. The summed E-state index contributed by atoms with van der Waals surface area (Å²) in [6.45, 7) is 3.99. The van der Waals surface area contributed by atoms with Gasteiger partial charge in [0.1, 0.15) is 0 Å². The molecule has 17 heavy (non-hydrogen) atoms. The standard InChI is InChI=1S/C14H12N2S/c1-10-6-13(7-11(2)16-10)12-4-3-5-14(8-12)15-9-17/h3-8H,1-2H3. The van der Waals surface area contributed by atoms with Crippen molar-refractivity contribution in [1.82, 2.24) is 4.98 Å². The Labute approximate surface area is 106 Å². The van der Waals surface area contributed by atoms with Crippen LogP contribution in [0.15, 0.2) is 41.4 Å². The number of nitrogens with zero attached hydrogens (tertiary/aromatic N) is 2. The molecule has 0 amide bonds. The predicted molar refractivity (Wildman–Crippen MR) is 73.8 cm³/mol. The van der Waals surface area contributed by atoms with E-state index in [1.807, 2.05) is 32.0 Å². The molecule has 1 aromatic carbocycles. The maximum atomic E-state index is 4.61. The van der Waals surface area contributed by atoms with E-state index in [9.17, 15) is 0 Å². The average molecular weight is 240 g/mol. The van der Waals surface area contributed by atoms with E-state index in [0.29, 0.717) is 0 Å². The van der Waals surface area contributed by atoms with Crippen molar-refractivity contribution < 1.29 is 0 Å². The molecule has 1 heterocycles. The van der Waals surface area contributed by atoms with Gasteiger partial charge < -0.3 is 0 Å². The van der Waals surface area contributed by atoms with Gasteiger partial charge in [-0.3, -0.25) is 4.98 Å². The second-order valence-corrected chi connectivity index (χ2v) is 4.07. The van der Waals surface area contributed by atoms with Gasteiger partial charge in [-0.2, -0.15) is 4.99 Å². The highest BCUT2D eigenvalue weighted by Crippen LogP contribution is 2.24. The van der Waals surface area contributed by atoms with Crippen molar-refractivity contribution >= 4 is 23.1 Å². The Morgan fingerprint density at radius 3 is 2.41 bits per heavy atom. The van der Waals surface area contributed by atoms with Crippen molar-refractivity contribution in [2.45, 2.75) is 13.8 Å². The molecule has 84 valence electrons. The van der Waals surface area contributed by atoms with E-state index in [1.54, 1.807) is 0 Å². The van der Waals surface area contributed by atoms with Crippen molar-refractivity contribution in [3.8, 4) is 11.1 Å². The van der Waals surface area contributed by atoms with Crippen molar-refractivity contribution in [2.75, 3.05) is 0 Å². The molecular weight excluding hydrogens is 228 g/mol. The Bertz CT molecular complexity index is 579. The topological polar surface area (TPSA) is 25.2 Å². The largest absolute Gasteiger partial charge is 0.258 e. The Hall–Kier alpha value is -1.83. The number of aryl methyl sites for hydroxylation is 2. The Balaban J connectivity index is 2.52. The van der Waals surface area contributed by atoms with Crippen molar-refractivity contribution in [1.29, 1.82) is 0 Å². The van der Waals surface area contributed by atoms with Crippen molar-refractivity contribution in [2.24, 2.45) is 4.99 Å². The minimum absolute atomic E-state index is 0.824. The second kappa shape index (κ2) is 5.00. The first kappa shape index (κ1) is 11.6. The molecule has 3 heteroatoms. The molecule has 0 fully saturated rings. The zero-order valence-electron chi connectivity index (χ0n) is 9.77. The third-order valence-corrected chi connectivity index (χ3v) is 2.53. The second-order valence-electron chi connectivity index (χ2n) is 3.89. The first-order valence-electron chi connectivity index (χ1n) is 5.32. The fourth-order valence-corrected chi connectivity index (χ4v) is 1.91. The Morgan fingerprint density at radius 1 is 1.06 bits per heavy atom. The third-order valence-electron chi connectivity index (χ3n) is 2.44. The van der Waals surface area contributed by atoms with Crippen molar-refractivity contribution in [3.63, 3.8) is 0 Å². The van der Waals surface area contributed by atoms with Gasteiger partial charge in [-0.15, -0.1) is 0 Å². The summed E-state index contributed by atoms with van der Waals surface area (Å²) in [6, 6.07) is 12.0. The molecule has 0 aliphatic heterocycles. The smallest absolute Gasteiger partial charge is 0.0745 e. The summed E-state index contributed by atoms with van der Waals surface area (Å²) >= 11 is 4.61. The molecule has 0 bridgehead atoms. The van der Waals surface area contributed by atoms with E-state index < -0.39 is 0 Å². The summed E-state index contributed by atoms with van der Waals surface area (Å²) in [5, 5.41) is 2.38. The van der Waals surface area contributed by atoms with Gasteiger partial charge in [-0.05, 0) is 61.5 Å². The molecule has 0 aliphatic rings. The molecule has 0 N–H and O–H groups in total. The summed E-state index contributed by atoms with van der Waals surface area (Å²) in [6.07, 6.45) is 0. The van der Waals surface area contributed by atoms with E-state index in [0.717, 1.165) is 28.2 Å². The lowest BCUT2D eigenvalue weighted by molar-refractivity contribution is 1.12. The highest BCUT2D eigenvalue weighted by Gasteiger charge is 2.01. The first-order chi connectivity index (χ1) is 8.19. The summed E-state index contributed by atoms with van der Waals surface area (Å²) in [4.78, 5) is 8.35.